The molecule has 0 bridgehead atoms. The fourth-order valence-corrected chi connectivity index (χ4v) is 3.66. The van der Waals surface area contributed by atoms with Crippen molar-refractivity contribution in [3.63, 3.8) is 0 Å². The van der Waals surface area contributed by atoms with Crippen LogP contribution in [0.5, 0.6) is 11.5 Å². The van der Waals surface area contributed by atoms with Crippen LogP contribution in [0.3, 0.4) is 0 Å². The lowest BCUT2D eigenvalue weighted by molar-refractivity contribution is -0.274. The Balaban J connectivity index is 1.91. The molecule has 0 aliphatic carbocycles. The molecule has 30 heavy (non-hydrogen) atoms. The van der Waals surface area contributed by atoms with Gasteiger partial charge in [-0.3, -0.25) is 4.79 Å². The van der Waals surface area contributed by atoms with E-state index in [1.165, 1.54) is 29.2 Å². The lowest BCUT2D eigenvalue weighted by Crippen LogP contribution is -2.31. The van der Waals surface area contributed by atoms with Gasteiger partial charge in [-0.2, -0.15) is 0 Å². The van der Waals surface area contributed by atoms with E-state index in [1.54, 1.807) is 13.0 Å². The summed E-state index contributed by atoms with van der Waals surface area (Å²) >= 11 is 5.87. The molecular weight excluding hydrogens is 430 g/mol. The highest BCUT2D eigenvalue weighted by atomic mass is 35.5. The number of aliphatic hydroxyl groups excluding tert-OH is 1. The van der Waals surface area contributed by atoms with E-state index < -0.39 is 36.0 Å². The largest absolute Gasteiger partial charge is 0.573 e. The second-order valence-electron chi connectivity index (χ2n) is 6.63. The van der Waals surface area contributed by atoms with Gasteiger partial charge in [0.1, 0.15) is 23.4 Å². The molecule has 1 heterocycles. The van der Waals surface area contributed by atoms with Crippen molar-refractivity contribution in [2.24, 2.45) is 0 Å². The quantitative estimate of drug-likeness (QED) is 0.657. The molecule has 5 nitrogen and oxygen atoms in total. The van der Waals surface area contributed by atoms with Gasteiger partial charge < -0.3 is 19.5 Å². The highest BCUT2D eigenvalue weighted by Gasteiger charge is 2.41. The maximum Gasteiger partial charge on any atom is 0.573 e. The Bertz CT molecular complexity index is 938. The number of ether oxygens (including phenoxy) is 2. The van der Waals surface area contributed by atoms with E-state index in [9.17, 15) is 27.5 Å². The number of rotatable bonds is 6. The third kappa shape index (κ3) is 4.79. The number of aliphatic hydroxyl groups is 1. The van der Waals surface area contributed by atoms with Crippen LogP contribution < -0.4 is 9.47 Å². The van der Waals surface area contributed by atoms with Gasteiger partial charge in [0, 0.05) is 13.0 Å². The Morgan fingerprint density at radius 3 is 2.60 bits per heavy atom. The van der Waals surface area contributed by atoms with Gasteiger partial charge in [0.15, 0.2) is 0 Å². The molecule has 0 aromatic heterocycles. The number of carbonyl (C=O) groups excluding carboxylic acids is 1. The normalized spacial score (nSPS) is 19.3. The molecule has 0 spiro atoms. The van der Waals surface area contributed by atoms with Crippen molar-refractivity contribution in [1.29, 1.82) is 0 Å². The summed E-state index contributed by atoms with van der Waals surface area (Å²) in [4.78, 5) is 13.8. The smallest absolute Gasteiger partial charge is 0.493 e. The number of likely N-dealkylation sites (tertiary alicyclic amines) is 1. The SMILES string of the molecule is CCOc1cccc(F)c1C1CC(O)C(=O)N1Cc1ccc(OC(F)(F)F)c(Cl)c1. The Hall–Kier alpha value is -2.52. The molecular formula is C20H18ClF4NO4. The molecule has 1 saturated heterocycles. The zero-order valence-electron chi connectivity index (χ0n) is 15.7. The second-order valence-corrected chi connectivity index (χ2v) is 7.04. The van der Waals surface area contributed by atoms with E-state index in [4.69, 9.17) is 16.3 Å². The van der Waals surface area contributed by atoms with Crippen molar-refractivity contribution in [3.05, 3.63) is 58.4 Å². The molecule has 1 aliphatic heterocycles. The monoisotopic (exact) mass is 447 g/mol. The Labute approximate surface area is 174 Å². The van der Waals surface area contributed by atoms with Crippen molar-refractivity contribution >= 4 is 17.5 Å². The summed E-state index contributed by atoms with van der Waals surface area (Å²) in [5.74, 6) is -1.55. The summed E-state index contributed by atoms with van der Waals surface area (Å²) in [5.41, 5.74) is 0.517. The summed E-state index contributed by atoms with van der Waals surface area (Å²) in [6, 6.07) is 7.02. The van der Waals surface area contributed by atoms with Crippen molar-refractivity contribution < 1.29 is 36.9 Å². The molecule has 2 aromatic carbocycles. The van der Waals surface area contributed by atoms with Gasteiger partial charge in [0.25, 0.3) is 5.91 Å². The highest BCUT2D eigenvalue weighted by molar-refractivity contribution is 6.32. The third-order valence-electron chi connectivity index (χ3n) is 4.61. The van der Waals surface area contributed by atoms with E-state index in [1.807, 2.05) is 0 Å². The Kier molecular flexibility index (Phi) is 6.42. The van der Waals surface area contributed by atoms with Crippen LogP contribution in [-0.4, -0.2) is 35.0 Å². The molecule has 1 aliphatic rings. The molecule has 2 atom stereocenters. The molecule has 2 aromatic rings. The van der Waals surface area contributed by atoms with E-state index in [-0.39, 0.29) is 35.9 Å². The second kappa shape index (κ2) is 8.69. The molecule has 0 saturated carbocycles. The van der Waals surface area contributed by atoms with Crippen LogP contribution in [0.1, 0.15) is 30.5 Å². The van der Waals surface area contributed by atoms with Crippen LogP contribution in [0.4, 0.5) is 17.6 Å². The van der Waals surface area contributed by atoms with Crippen molar-refractivity contribution in [2.45, 2.75) is 38.4 Å². The average Bonchev–Trinajstić information content (AvgIpc) is 2.91. The van der Waals surface area contributed by atoms with Gasteiger partial charge in [-0.05, 0) is 36.8 Å². The summed E-state index contributed by atoms with van der Waals surface area (Å²) in [7, 11) is 0. The summed E-state index contributed by atoms with van der Waals surface area (Å²) < 4.78 is 61.2. The molecule has 3 rings (SSSR count). The van der Waals surface area contributed by atoms with Crippen LogP contribution in [0.15, 0.2) is 36.4 Å². The number of carbonyl (C=O) groups is 1. The number of benzene rings is 2. The van der Waals surface area contributed by atoms with Crippen molar-refractivity contribution in [3.8, 4) is 11.5 Å². The number of amides is 1. The first-order valence-corrected chi connectivity index (χ1v) is 9.42. The molecule has 1 amide bonds. The minimum atomic E-state index is -4.90. The van der Waals surface area contributed by atoms with Gasteiger partial charge in [-0.15, -0.1) is 13.2 Å². The minimum absolute atomic E-state index is 0.0527. The van der Waals surface area contributed by atoms with Gasteiger partial charge in [0.05, 0.1) is 23.2 Å². The predicted molar refractivity (Wildman–Crippen MR) is 99.6 cm³/mol. The predicted octanol–water partition coefficient (Wildman–Crippen LogP) is 4.61. The van der Waals surface area contributed by atoms with Crippen LogP contribution in [-0.2, 0) is 11.3 Å². The Morgan fingerprint density at radius 1 is 1.23 bits per heavy atom. The molecule has 162 valence electrons. The topological polar surface area (TPSA) is 59.0 Å². The van der Waals surface area contributed by atoms with Gasteiger partial charge in [-0.25, -0.2) is 4.39 Å². The minimum Gasteiger partial charge on any atom is -0.493 e. The van der Waals surface area contributed by atoms with Crippen LogP contribution >= 0.6 is 11.6 Å². The van der Waals surface area contributed by atoms with Crippen molar-refractivity contribution in [1.82, 2.24) is 4.90 Å². The van der Waals surface area contributed by atoms with Gasteiger partial charge in [-0.1, -0.05) is 23.7 Å². The lowest BCUT2D eigenvalue weighted by Gasteiger charge is -2.27. The molecule has 1 N–H and O–H groups in total. The number of hydrogen-bond donors (Lipinski definition) is 1. The van der Waals surface area contributed by atoms with E-state index in [2.05, 4.69) is 4.74 Å². The fourth-order valence-electron chi connectivity index (χ4n) is 3.42. The van der Waals surface area contributed by atoms with Crippen LogP contribution in [0, 0.1) is 5.82 Å². The van der Waals surface area contributed by atoms with Crippen LogP contribution in [0.25, 0.3) is 0 Å². The maximum atomic E-state index is 14.6. The Morgan fingerprint density at radius 2 is 1.97 bits per heavy atom. The number of nitrogens with zero attached hydrogens (tertiary/aromatic N) is 1. The average molecular weight is 448 g/mol. The maximum absolute atomic E-state index is 14.6. The zero-order valence-corrected chi connectivity index (χ0v) is 16.5. The summed E-state index contributed by atoms with van der Waals surface area (Å²) in [6.07, 6.45) is -6.29. The summed E-state index contributed by atoms with van der Waals surface area (Å²) in [5, 5.41) is 9.79. The first-order valence-electron chi connectivity index (χ1n) is 9.04. The molecule has 10 heteroatoms. The first-order chi connectivity index (χ1) is 14.1. The van der Waals surface area contributed by atoms with E-state index in [0.717, 1.165) is 6.07 Å². The zero-order chi connectivity index (χ0) is 22.1. The molecule has 0 radical (unpaired) electrons. The molecule has 1 fully saturated rings. The first kappa shape index (κ1) is 22.2. The summed E-state index contributed by atoms with van der Waals surface area (Å²) in [6.45, 7) is 1.90. The number of hydrogen-bond acceptors (Lipinski definition) is 4. The van der Waals surface area contributed by atoms with E-state index in [0.29, 0.717) is 5.56 Å². The fraction of sp³-hybridized carbons (Fsp3) is 0.350. The van der Waals surface area contributed by atoms with E-state index >= 15 is 0 Å². The highest BCUT2D eigenvalue weighted by Crippen LogP contribution is 2.41. The number of alkyl halides is 3. The standard InChI is InChI=1S/C20H18ClF4NO4/c1-2-29-17-5-3-4-13(22)18(17)14-9-15(27)19(28)26(14)10-11-6-7-16(12(21)8-11)30-20(23,24)25/h3-8,14-15,27H,2,9-10H2,1H3. The van der Waals surface area contributed by atoms with Crippen LogP contribution in [0.2, 0.25) is 5.02 Å². The van der Waals surface area contributed by atoms with Crippen molar-refractivity contribution in [2.75, 3.05) is 6.61 Å². The van der Waals surface area contributed by atoms with Gasteiger partial charge >= 0.3 is 6.36 Å². The lowest BCUT2D eigenvalue weighted by atomic mass is 10.0. The van der Waals surface area contributed by atoms with Gasteiger partial charge in [0.2, 0.25) is 0 Å². The number of halogens is 5. The third-order valence-corrected chi connectivity index (χ3v) is 4.91. The molecule has 2 unspecified atom stereocenters.